The van der Waals surface area contributed by atoms with E-state index in [2.05, 4.69) is 24.3 Å². The van der Waals surface area contributed by atoms with Gasteiger partial charge in [-0.25, -0.2) is 0 Å². The zero-order chi connectivity index (χ0) is 21.0. The molecule has 4 rings (SSSR count). The van der Waals surface area contributed by atoms with Crippen molar-refractivity contribution >= 4 is 24.3 Å². The van der Waals surface area contributed by atoms with E-state index in [-0.39, 0.29) is 0 Å². The van der Waals surface area contributed by atoms with Crippen molar-refractivity contribution in [1.29, 1.82) is 0 Å². The summed E-state index contributed by atoms with van der Waals surface area (Å²) in [6, 6.07) is 34.5. The van der Waals surface area contributed by atoms with E-state index in [0.717, 1.165) is 11.1 Å². The third kappa shape index (κ3) is 7.17. The largest absolute Gasteiger partial charge is 0.508 e. The minimum atomic E-state index is 0.298. The molecule has 0 aromatic heterocycles. The average molecular weight is 392 g/mol. The van der Waals surface area contributed by atoms with Gasteiger partial charge in [-0.2, -0.15) is 0 Å². The summed E-state index contributed by atoms with van der Waals surface area (Å²) in [6.45, 7) is 0. The molecule has 0 saturated heterocycles. The van der Waals surface area contributed by atoms with E-state index in [1.165, 1.54) is 11.1 Å². The Labute approximate surface area is 177 Å². The molecule has 0 atom stereocenters. The molecule has 148 valence electrons. The third-order valence-corrected chi connectivity index (χ3v) is 4.32. The first kappa shape index (κ1) is 20.7. The van der Waals surface area contributed by atoms with Crippen LogP contribution in [0.4, 0.5) is 0 Å². The zero-order valence-electron chi connectivity index (χ0n) is 16.6. The van der Waals surface area contributed by atoms with Crippen molar-refractivity contribution < 1.29 is 10.2 Å². The molecule has 30 heavy (non-hydrogen) atoms. The molecule has 0 heterocycles. The lowest BCUT2D eigenvalue weighted by Crippen LogP contribution is -1.71. The van der Waals surface area contributed by atoms with Gasteiger partial charge in [-0.15, -0.1) is 0 Å². The lowest BCUT2D eigenvalue weighted by molar-refractivity contribution is 0.474. The summed E-state index contributed by atoms with van der Waals surface area (Å²) in [7, 11) is 0. The van der Waals surface area contributed by atoms with Crippen LogP contribution in [0.3, 0.4) is 0 Å². The van der Waals surface area contributed by atoms with E-state index < -0.39 is 0 Å². The molecule has 0 bridgehead atoms. The summed E-state index contributed by atoms with van der Waals surface area (Å²) in [6.07, 6.45) is 8.14. The van der Waals surface area contributed by atoms with E-state index in [0.29, 0.717) is 11.5 Å². The molecule has 0 aliphatic rings. The monoisotopic (exact) mass is 392 g/mol. The van der Waals surface area contributed by atoms with E-state index in [1.54, 1.807) is 24.3 Å². The molecule has 0 fully saturated rings. The fourth-order valence-corrected chi connectivity index (χ4v) is 2.68. The summed E-state index contributed by atoms with van der Waals surface area (Å²) in [5, 5.41) is 18.2. The summed E-state index contributed by atoms with van der Waals surface area (Å²) in [4.78, 5) is 0. The van der Waals surface area contributed by atoms with Crippen LogP contribution in [-0.4, -0.2) is 10.2 Å². The first-order valence-corrected chi connectivity index (χ1v) is 9.73. The van der Waals surface area contributed by atoms with Gasteiger partial charge in [0.05, 0.1) is 0 Å². The van der Waals surface area contributed by atoms with Gasteiger partial charge in [0.1, 0.15) is 11.5 Å². The summed E-state index contributed by atoms with van der Waals surface area (Å²) < 4.78 is 0. The van der Waals surface area contributed by atoms with Crippen LogP contribution in [0.25, 0.3) is 24.3 Å². The molecule has 0 radical (unpaired) electrons. The van der Waals surface area contributed by atoms with Gasteiger partial charge in [0, 0.05) is 0 Å². The van der Waals surface area contributed by atoms with E-state index in [9.17, 15) is 0 Å². The summed E-state index contributed by atoms with van der Waals surface area (Å²) in [5.74, 6) is 0.596. The standard InChI is InChI=1S/2C14H12O/c2*15-14-10-8-13(9-11-14)7-6-12-4-2-1-3-5-12/h2*1-11,15H. The predicted octanol–water partition coefficient (Wildman–Crippen LogP) is 7.13. The number of benzene rings is 4. The first-order valence-electron chi connectivity index (χ1n) is 9.73. The van der Waals surface area contributed by atoms with Crippen LogP contribution in [0.1, 0.15) is 22.3 Å². The second-order valence-corrected chi connectivity index (χ2v) is 6.67. The van der Waals surface area contributed by atoms with Gasteiger partial charge in [0.15, 0.2) is 0 Å². The van der Waals surface area contributed by atoms with Crippen molar-refractivity contribution in [3.8, 4) is 11.5 Å². The van der Waals surface area contributed by atoms with Crippen LogP contribution in [-0.2, 0) is 0 Å². The zero-order valence-corrected chi connectivity index (χ0v) is 16.6. The lowest BCUT2D eigenvalue weighted by Gasteiger charge is -1.94. The Hall–Kier alpha value is -4.04. The van der Waals surface area contributed by atoms with Gasteiger partial charge in [-0.3, -0.25) is 0 Å². The maximum absolute atomic E-state index is 9.12. The number of aromatic hydroxyl groups is 2. The fourth-order valence-electron chi connectivity index (χ4n) is 2.68. The van der Waals surface area contributed by atoms with Crippen molar-refractivity contribution in [3.63, 3.8) is 0 Å². The molecule has 0 saturated carbocycles. The summed E-state index contributed by atoms with van der Waals surface area (Å²) in [5.41, 5.74) is 4.50. The lowest BCUT2D eigenvalue weighted by atomic mass is 10.1. The molecule has 4 aromatic rings. The minimum absolute atomic E-state index is 0.298. The van der Waals surface area contributed by atoms with Crippen molar-refractivity contribution in [2.24, 2.45) is 0 Å². The van der Waals surface area contributed by atoms with Gasteiger partial charge in [0.2, 0.25) is 0 Å². The maximum atomic E-state index is 9.12. The topological polar surface area (TPSA) is 40.5 Å². The number of rotatable bonds is 4. The summed E-state index contributed by atoms with van der Waals surface area (Å²) >= 11 is 0. The number of hydrogen-bond donors (Lipinski definition) is 2. The van der Waals surface area contributed by atoms with Crippen LogP contribution in [0.15, 0.2) is 109 Å². The quantitative estimate of drug-likeness (QED) is 0.363. The van der Waals surface area contributed by atoms with Crippen LogP contribution in [0.2, 0.25) is 0 Å². The minimum Gasteiger partial charge on any atom is -0.508 e. The second-order valence-electron chi connectivity index (χ2n) is 6.67. The van der Waals surface area contributed by atoms with E-state index >= 15 is 0 Å². The van der Waals surface area contributed by atoms with Gasteiger partial charge >= 0.3 is 0 Å². The molecule has 0 spiro atoms. The molecular weight excluding hydrogens is 368 g/mol. The molecule has 2 nitrogen and oxygen atoms in total. The normalized spacial score (nSPS) is 10.7. The highest BCUT2D eigenvalue weighted by molar-refractivity contribution is 5.70. The maximum Gasteiger partial charge on any atom is 0.115 e. The number of phenolic OH excluding ortho intramolecular Hbond substituents is 2. The van der Waals surface area contributed by atoms with Crippen LogP contribution in [0.5, 0.6) is 11.5 Å². The van der Waals surface area contributed by atoms with Gasteiger partial charge < -0.3 is 10.2 Å². The first-order chi connectivity index (χ1) is 14.7. The molecular formula is C28H24O2. The van der Waals surface area contributed by atoms with Gasteiger partial charge in [-0.1, -0.05) is 109 Å². The van der Waals surface area contributed by atoms with Crippen LogP contribution in [0, 0.1) is 0 Å². The van der Waals surface area contributed by atoms with Crippen molar-refractivity contribution in [2.45, 2.75) is 0 Å². The Kier molecular flexibility index (Phi) is 7.64. The van der Waals surface area contributed by atoms with Crippen molar-refractivity contribution in [2.75, 3.05) is 0 Å². The van der Waals surface area contributed by atoms with Gasteiger partial charge in [0.25, 0.3) is 0 Å². The SMILES string of the molecule is Oc1ccc(C=Cc2ccccc2)cc1.Oc1ccc(C=Cc2ccccc2)cc1. The number of hydrogen-bond acceptors (Lipinski definition) is 2. The highest BCUT2D eigenvalue weighted by Gasteiger charge is 1.89. The molecule has 2 N–H and O–H groups in total. The molecule has 4 aromatic carbocycles. The van der Waals surface area contributed by atoms with Crippen molar-refractivity contribution in [3.05, 3.63) is 131 Å². The highest BCUT2D eigenvalue weighted by atomic mass is 16.3. The van der Waals surface area contributed by atoms with Crippen LogP contribution >= 0.6 is 0 Å². The number of phenols is 2. The average Bonchev–Trinajstić information content (AvgIpc) is 2.80. The smallest absolute Gasteiger partial charge is 0.115 e. The Bertz CT molecular complexity index is 972. The Morgan fingerprint density at radius 1 is 0.333 bits per heavy atom. The van der Waals surface area contributed by atoms with Crippen LogP contribution < -0.4 is 0 Å². The Morgan fingerprint density at radius 3 is 0.900 bits per heavy atom. The fraction of sp³-hybridized carbons (Fsp3) is 0. The van der Waals surface area contributed by atoms with E-state index in [1.807, 2.05) is 85.0 Å². The molecule has 0 aliphatic carbocycles. The molecule has 0 amide bonds. The highest BCUT2D eigenvalue weighted by Crippen LogP contribution is 2.13. The third-order valence-electron chi connectivity index (χ3n) is 4.32. The predicted molar refractivity (Wildman–Crippen MR) is 127 cm³/mol. The Balaban J connectivity index is 0.000000171. The Morgan fingerprint density at radius 2 is 0.600 bits per heavy atom. The second kappa shape index (κ2) is 11.1. The van der Waals surface area contributed by atoms with Crippen molar-refractivity contribution in [1.82, 2.24) is 0 Å². The van der Waals surface area contributed by atoms with Gasteiger partial charge in [-0.05, 0) is 46.5 Å². The molecule has 2 heteroatoms. The molecule has 0 unspecified atom stereocenters. The molecule has 0 aliphatic heterocycles. The van der Waals surface area contributed by atoms with E-state index in [4.69, 9.17) is 10.2 Å².